The van der Waals surface area contributed by atoms with Crippen LogP contribution in [0.25, 0.3) is 21.9 Å². The summed E-state index contributed by atoms with van der Waals surface area (Å²) >= 11 is 0. The van der Waals surface area contributed by atoms with E-state index in [0.717, 1.165) is 16.3 Å². The van der Waals surface area contributed by atoms with Crippen LogP contribution < -0.4 is 31.1 Å². The summed E-state index contributed by atoms with van der Waals surface area (Å²) in [6, 6.07) is 19.8. The third-order valence-corrected chi connectivity index (χ3v) is 7.99. The smallest absolute Gasteiger partial charge is 0.339 e. The van der Waals surface area contributed by atoms with Crippen molar-refractivity contribution in [2.24, 2.45) is 5.41 Å². The number of methoxy groups -OCH3 is 2. The number of carbonyl (C=O) groups excluding carboxylic acids is 3. The molecule has 0 saturated carbocycles. The topological polar surface area (TPSA) is 170 Å². The molecule has 0 saturated heterocycles. The van der Waals surface area contributed by atoms with Crippen molar-refractivity contribution >= 4 is 40.1 Å². The van der Waals surface area contributed by atoms with Crippen molar-refractivity contribution < 1.29 is 33.4 Å². The molecule has 0 aliphatic rings. The van der Waals surface area contributed by atoms with Crippen molar-refractivity contribution in [3.63, 3.8) is 0 Å². The normalized spacial score (nSPS) is 11.5. The zero-order chi connectivity index (χ0) is 39.2. The van der Waals surface area contributed by atoms with Crippen molar-refractivity contribution in [3.05, 3.63) is 112 Å². The van der Waals surface area contributed by atoms with Crippen molar-refractivity contribution in [1.82, 2.24) is 15.3 Å². The average molecular weight is 736 g/mol. The summed E-state index contributed by atoms with van der Waals surface area (Å²) < 4.78 is 16.4. The van der Waals surface area contributed by atoms with Gasteiger partial charge in [-0.05, 0) is 97.3 Å². The molecular formula is C41H45N5O8. The summed E-state index contributed by atoms with van der Waals surface area (Å²) in [5, 5.41) is 7.22. The summed E-state index contributed by atoms with van der Waals surface area (Å²) in [6.45, 7) is 11.8. The summed E-state index contributed by atoms with van der Waals surface area (Å²) in [5.74, 6) is -0.0307. The van der Waals surface area contributed by atoms with Gasteiger partial charge in [-0.25, -0.2) is 15.3 Å². The predicted molar refractivity (Wildman–Crippen MR) is 207 cm³/mol. The molecule has 0 aliphatic heterocycles. The number of nitrogens with zero attached hydrogens (tertiary/aromatic N) is 1. The fourth-order valence-corrected chi connectivity index (χ4v) is 5.44. The minimum absolute atomic E-state index is 0.0565. The quantitative estimate of drug-likeness (QED) is 0.0763. The highest BCUT2D eigenvalue weighted by molar-refractivity contribution is 6.10. The summed E-state index contributed by atoms with van der Waals surface area (Å²) in [5.41, 5.74) is 3.43. The Kier molecular flexibility index (Phi) is 11.7. The van der Waals surface area contributed by atoms with Gasteiger partial charge < -0.3 is 29.8 Å². The number of rotatable bonds is 12. The predicted octanol–water partition coefficient (Wildman–Crippen LogP) is 7.13. The number of anilines is 2. The second-order valence-corrected chi connectivity index (χ2v) is 14.7. The first-order chi connectivity index (χ1) is 25.5. The maximum Gasteiger partial charge on any atom is 0.339 e. The number of benzene rings is 3. The maximum atomic E-state index is 13.9. The Hall–Kier alpha value is -6.21. The van der Waals surface area contributed by atoms with E-state index in [4.69, 9.17) is 19.0 Å². The van der Waals surface area contributed by atoms with E-state index in [1.807, 2.05) is 32.9 Å². The molecule has 5 rings (SSSR count). The van der Waals surface area contributed by atoms with Gasteiger partial charge in [-0.2, -0.15) is 0 Å². The number of pyridine rings is 2. The summed E-state index contributed by atoms with van der Waals surface area (Å²) in [4.78, 5) is 65.9. The molecule has 4 N–H and O–H groups in total. The first kappa shape index (κ1) is 39.0. The lowest BCUT2D eigenvalue weighted by atomic mass is 9.94. The van der Waals surface area contributed by atoms with Crippen LogP contribution in [0.15, 0.2) is 83.8 Å². The van der Waals surface area contributed by atoms with Gasteiger partial charge in [0.15, 0.2) is 17.3 Å². The fraction of sp³-hybridized carbons (Fsp3) is 0.293. The summed E-state index contributed by atoms with van der Waals surface area (Å²) in [7, 11) is 3.13. The van der Waals surface area contributed by atoms with Gasteiger partial charge in [-0.15, -0.1) is 0 Å². The maximum absolute atomic E-state index is 13.9. The molecule has 282 valence electrons. The van der Waals surface area contributed by atoms with E-state index in [0.29, 0.717) is 35.1 Å². The second-order valence-electron chi connectivity index (χ2n) is 14.7. The molecule has 2 amide bonds. The molecule has 0 unspecified atom stereocenters. The average Bonchev–Trinajstić information content (AvgIpc) is 3.12. The van der Waals surface area contributed by atoms with Crippen molar-refractivity contribution in [2.75, 3.05) is 31.6 Å². The number of aromatic amines is 1. The number of H-pyrrole nitrogens is 1. The minimum Gasteiger partial charge on any atom is -0.493 e. The van der Waals surface area contributed by atoms with Gasteiger partial charge in [0.05, 0.1) is 26.4 Å². The first-order valence-corrected chi connectivity index (χ1v) is 17.2. The Bertz CT molecular complexity index is 2250. The van der Waals surface area contributed by atoms with Crippen molar-refractivity contribution in [1.29, 1.82) is 0 Å². The van der Waals surface area contributed by atoms with E-state index in [9.17, 15) is 19.2 Å². The van der Waals surface area contributed by atoms with Gasteiger partial charge in [0.2, 0.25) is 5.56 Å². The SMILES string of the molecule is COc1ccc(CONc2nccc3cc(NC(=O)c4[nH]c(=O)ccc4-c4ccc(C(=O)NCC(C)(C)C)cc4C(=O)OC(C)(C)C)ccc23)cc1OC. The number of amides is 2. The molecule has 13 nitrogen and oxygen atoms in total. The van der Waals surface area contributed by atoms with Gasteiger partial charge in [0, 0.05) is 41.0 Å². The Morgan fingerprint density at radius 3 is 2.24 bits per heavy atom. The number of carbonyl (C=O) groups is 3. The molecule has 2 heterocycles. The van der Waals surface area contributed by atoms with Crippen LogP contribution in [0.5, 0.6) is 11.5 Å². The largest absolute Gasteiger partial charge is 0.493 e. The molecule has 0 spiro atoms. The Morgan fingerprint density at radius 2 is 1.54 bits per heavy atom. The highest BCUT2D eigenvalue weighted by Gasteiger charge is 2.26. The third kappa shape index (κ3) is 9.81. The van der Waals surface area contributed by atoms with E-state index in [1.165, 1.54) is 18.2 Å². The van der Waals surface area contributed by atoms with Crippen LogP contribution in [-0.4, -0.2) is 54.1 Å². The highest BCUT2D eigenvalue weighted by atomic mass is 16.6. The first-order valence-electron chi connectivity index (χ1n) is 17.2. The number of hydrogen-bond donors (Lipinski definition) is 4. The molecule has 0 fully saturated rings. The van der Waals surface area contributed by atoms with Crippen LogP contribution in [0.3, 0.4) is 0 Å². The molecule has 3 aromatic carbocycles. The highest BCUT2D eigenvalue weighted by Crippen LogP contribution is 2.31. The number of aromatic nitrogens is 2. The molecule has 0 bridgehead atoms. The van der Waals surface area contributed by atoms with Gasteiger partial charge >= 0.3 is 5.97 Å². The number of nitrogens with one attached hydrogen (secondary N) is 4. The van der Waals surface area contributed by atoms with Crippen molar-refractivity contribution in [3.8, 4) is 22.6 Å². The van der Waals surface area contributed by atoms with Gasteiger partial charge in [-0.1, -0.05) is 32.9 Å². The molecule has 0 atom stereocenters. The number of hydrogen-bond acceptors (Lipinski definition) is 10. The number of esters is 1. The summed E-state index contributed by atoms with van der Waals surface area (Å²) in [6.07, 6.45) is 1.61. The van der Waals surface area contributed by atoms with Crippen LogP contribution >= 0.6 is 0 Å². The van der Waals surface area contributed by atoms with Crippen LogP contribution in [0.1, 0.15) is 78.3 Å². The zero-order valence-electron chi connectivity index (χ0n) is 31.6. The molecule has 13 heteroatoms. The second kappa shape index (κ2) is 16.2. The van der Waals surface area contributed by atoms with E-state index >= 15 is 0 Å². The molecule has 5 aromatic rings. The lowest BCUT2D eigenvalue weighted by molar-refractivity contribution is 0.00702. The molecule has 0 radical (unpaired) electrons. The Balaban J connectivity index is 1.40. The van der Waals surface area contributed by atoms with Crippen LogP contribution in [-0.2, 0) is 16.2 Å². The Labute approximate surface area is 313 Å². The van der Waals surface area contributed by atoms with Crippen LogP contribution in [0.2, 0.25) is 0 Å². The van der Waals surface area contributed by atoms with Gasteiger partial charge in [-0.3, -0.25) is 19.2 Å². The monoisotopic (exact) mass is 735 g/mol. The van der Waals surface area contributed by atoms with Gasteiger partial charge in [0.25, 0.3) is 11.8 Å². The molecule has 54 heavy (non-hydrogen) atoms. The van der Waals surface area contributed by atoms with E-state index in [1.54, 1.807) is 83.7 Å². The Morgan fingerprint density at radius 1 is 0.796 bits per heavy atom. The minimum atomic E-state index is -0.845. The van der Waals surface area contributed by atoms with E-state index < -0.39 is 23.0 Å². The lowest BCUT2D eigenvalue weighted by Crippen LogP contribution is -2.32. The number of ether oxygens (including phenoxy) is 3. The van der Waals surface area contributed by atoms with Crippen LogP contribution in [0, 0.1) is 5.41 Å². The fourth-order valence-electron chi connectivity index (χ4n) is 5.44. The van der Waals surface area contributed by atoms with E-state index in [2.05, 4.69) is 26.1 Å². The molecule has 0 aliphatic carbocycles. The molecular weight excluding hydrogens is 690 g/mol. The standard InChI is InChI=1S/C41H45N5O8/c1-40(2,3)23-43-37(48)26-10-12-29(31(21-26)39(50)54-41(4,5)6)30-14-16-34(47)45-35(30)38(49)44-27-11-13-28-25(20-27)17-18-42-36(28)46-53-22-24-9-15-32(51-7)33(19-24)52-8/h9-21H,22-23H2,1-8H3,(H,42,46)(H,43,48)(H,44,49)(H,45,47). The third-order valence-electron chi connectivity index (χ3n) is 7.99. The van der Waals surface area contributed by atoms with Crippen molar-refractivity contribution in [2.45, 2.75) is 53.8 Å². The van der Waals surface area contributed by atoms with Crippen LogP contribution in [0.4, 0.5) is 11.5 Å². The number of fused-ring (bicyclic) bond motifs is 1. The van der Waals surface area contributed by atoms with Gasteiger partial charge in [0.1, 0.15) is 11.3 Å². The van der Waals surface area contributed by atoms with E-state index in [-0.39, 0.29) is 40.3 Å². The lowest BCUT2D eigenvalue weighted by Gasteiger charge is -2.22. The zero-order valence-corrected chi connectivity index (χ0v) is 31.6. The molecule has 2 aromatic heterocycles.